The van der Waals surface area contributed by atoms with Crippen LogP contribution in [0.4, 0.5) is 10.1 Å². The van der Waals surface area contributed by atoms with Crippen molar-refractivity contribution in [3.63, 3.8) is 0 Å². The van der Waals surface area contributed by atoms with Crippen molar-refractivity contribution in [3.8, 4) is 0 Å². The highest BCUT2D eigenvalue weighted by molar-refractivity contribution is 7.92. The van der Waals surface area contributed by atoms with Gasteiger partial charge >= 0.3 is 0 Å². The Hall–Kier alpha value is -1.19. The van der Waals surface area contributed by atoms with E-state index in [1.165, 1.54) is 22.5 Å². The van der Waals surface area contributed by atoms with E-state index in [2.05, 4.69) is 4.72 Å². The predicted octanol–water partition coefficient (Wildman–Crippen LogP) is 1.24. The zero-order chi connectivity index (χ0) is 16.4. The first-order chi connectivity index (χ1) is 10.2. The van der Waals surface area contributed by atoms with Gasteiger partial charge in [0.25, 0.3) is 0 Å². The van der Waals surface area contributed by atoms with Gasteiger partial charge in [0.2, 0.25) is 20.0 Å². The molecule has 0 saturated carbocycles. The van der Waals surface area contributed by atoms with Crippen LogP contribution in [-0.2, 0) is 20.0 Å². The summed E-state index contributed by atoms with van der Waals surface area (Å²) in [6, 6.07) is 5.26. The maximum absolute atomic E-state index is 13.1. The number of piperidine rings is 1. The Kier molecular flexibility index (Phi) is 5.08. The van der Waals surface area contributed by atoms with Crippen LogP contribution in [-0.4, -0.2) is 46.2 Å². The minimum atomic E-state index is -3.59. The first kappa shape index (κ1) is 17.2. The minimum absolute atomic E-state index is 0.0961. The second kappa shape index (κ2) is 6.51. The summed E-state index contributed by atoms with van der Waals surface area (Å²) >= 11 is 0. The van der Waals surface area contributed by atoms with Gasteiger partial charge in [0.15, 0.2) is 0 Å². The molecule has 1 fully saturated rings. The zero-order valence-corrected chi connectivity index (χ0v) is 13.8. The summed E-state index contributed by atoms with van der Waals surface area (Å²) < 4.78 is 63.8. The molecular formula is C13H19FN2O4S2. The van der Waals surface area contributed by atoms with E-state index in [9.17, 15) is 21.2 Å². The highest BCUT2D eigenvalue weighted by Crippen LogP contribution is 2.21. The van der Waals surface area contributed by atoms with Crippen LogP contribution in [0.2, 0.25) is 0 Å². The fourth-order valence-corrected chi connectivity index (χ4v) is 4.89. The van der Waals surface area contributed by atoms with E-state index in [0.29, 0.717) is 25.9 Å². The monoisotopic (exact) mass is 350 g/mol. The largest absolute Gasteiger partial charge is 0.283 e. The van der Waals surface area contributed by atoms with E-state index in [4.69, 9.17) is 0 Å². The molecule has 2 rings (SSSR count). The van der Waals surface area contributed by atoms with E-state index in [0.717, 1.165) is 12.3 Å². The molecule has 1 aromatic carbocycles. The molecule has 0 amide bonds. The topological polar surface area (TPSA) is 83.6 Å². The fraction of sp³-hybridized carbons (Fsp3) is 0.538. The quantitative estimate of drug-likeness (QED) is 0.866. The van der Waals surface area contributed by atoms with Gasteiger partial charge in [0.1, 0.15) is 5.82 Å². The number of anilines is 1. The van der Waals surface area contributed by atoms with Crippen molar-refractivity contribution < 1.29 is 21.2 Å². The molecule has 124 valence electrons. The van der Waals surface area contributed by atoms with Gasteiger partial charge in [0.05, 0.1) is 17.7 Å². The summed E-state index contributed by atoms with van der Waals surface area (Å²) in [6.45, 7) is 0.665. The van der Waals surface area contributed by atoms with Gasteiger partial charge in [-0.2, -0.15) is 0 Å². The van der Waals surface area contributed by atoms with Gasteiger partial charge in [-0.15, -0.1) is 0 Å². The average molecular weight is 350 g/mol. The molecule has 1 aliphatic heterocycles. The van der Waals surface area contributed by atoms with Crippen molar-refractivity contribution in [2.24, 2.45) is 5.92 Å². The molecular weight excluding hydrogens is 331 g/mol. The third-order valence-corrected chi connectivity index (χ3v) is 6.36. The molecule has 0 atom stereocenters. The lowest BCUT2D eigenvalue weighted by Crippen LogP contribution is -2.39. The number of sulfonamides is 2. The molecule has 0 spiro atoms. The van der Waals surface area contributed by atoms with Crippen LogP contribution in [0.3, 0.4) is 0 Å². The highest BCUT2D eigenvalue weighted by Gasteiger charge is 2.28. The van der Waals surface area contributed by atoms with E-state index in [1.807, 2.05) is 0 Å². The van der Waals surface area contributed by atoms with Crippen LogP contribution in [0.5, 0.6) is 0 Å². The molecule has 0 radical (unpaired) electrons. The van der Waals surface area contributed by atoms with E-state index in [-0.39, 0.29) is 17.4 Å². The summed E-state index contributed by atoms with van der Waals surface area (Å²) in [5, 5.41) is 0. The number of rotatable bonds is 5. The van der Waals surface area contributed by atoms with Gasteiger partial charge in [-0.1, -0.05) is 6.07 Å². The average Bonchev–Trinajstić information content (AvgIpc) is 2.37. The molecule has 0 bridgehead atoms. The van der Waals surface area contributed by atoms with Gasteiger partial charge in [0, 0.05) is 13.1 Å². The molecule has 9 heteroatoms. The summed E-state index contributed by atoms with van der Waals surface area (Å²) in [4.78, 5) is 0. The van der Waals surface area contributed by atoms with Crippen LogP contribution in [0.1, 0.15) is 12.8 Å². The molecule has 1 aromatic rings. The highest BCUT2D eigenvalue weighted by atomic mass is 32.2. The number of nitrogens with zero attached hydrogens (tertiary/aromatic N) is 1. The third kappa shape index (κ3) is 4.92. The minimum Gasteiger partial charge on any atom is -0.283 e. The van der Waals surface area contributed by atoms with Gasteiger partial charge < -0.3 is 0 Å². The molecule has 6 nitrogen and oxygen atoms in total. The summed E-state index contributed by atoms with van der Waals surface area (Å²) in [5.41, 5.74) is 0.188. The van der Waals surface area contributed by atoms with Gasteiger partial charge in [-0.25, -0.2) is 25.5 Å². The van der Waals surface area contributed by atoms with Crippen molar-refractivity contribution in [1.29, 1.82) is 0 Å². The standard InChI is InChI=1S/C13H19FN2O4S2/c1-21(17,18)16-7-5-11(6-8-16)10-22(19,20)15-13-4-2-3-12(14)9-13/h2-4,9,11,15H,5-8,10H2,1H3. The normalized spacial score (nSPS) is 18.3. The first-order valence-corrected chi connectivity index (χ1v) is 10.4. The molecule has 0 aromatic heterocycles. The lowest BCUT2D eigenvalue weighted by atomic mass is 10.0. The van der Waals surface area contributed by atoms with Crippen molar-refractivity contribution in [3.05, 3.63) is 30.1 Å². The third-order valence-electron chi connectivity index (χ3n) is 3.60. The maximum atomic E-state index is 13.1. The lowest BCUT2D eigenvalue weighted by Gasteiger charge is -2.30. The second-order valence-corrected chi connectivity index (χ2v) is 9.25. The molecule has 0 unspecified atom stereocenters. The van der Waals surface area contributed by atoms with Crippen molar-refractivity contribution in [1.82, 2.24) is 4.31 Å². The maximum Gasteiger partial charge on any atom is 0.232 e. The summed E-state index contributed by atoms with van der Waals surface area (Å²) in [5.74, 6) is -0.716. The predicted molar refractivity (Wildman–Crippen MR) is 83.0 cm³/mol. The number of hydrogen-bond donors (Lipinski definition) is 1. The van der Waals surface area contributed by atoms with Gasteiger partial charge in [-0.05, 0) is 37.0 Å². The Bertz CT molecular complexity index is 726. The summed E-state index contributed by atoms with van der Waals surface area (Å²) in [6.07, 6.45) is 2.14. The smallest absolute Gasteiger partial charge is 0.232 e. The number of nitrogens with one attached hydrogen (secondary N) is 1. The van der Waals surface area contributed by atoms with Crippen LogP contribution in [0.25, 0.3) is 0 Å². The Morgan fingerprint density at radius 1 is 1.23 bits per heavy atom. The Balaban J connectivity index is 1.93. The van der Waals surface area contributed by atoms with Crippen LogP contribution < -0.4 is 4.72 Å². The van der Waals surface area contributed by atoms with E-state index in [1.54, 1.807) is 0 Å². The molecule has 1 heterocycles. The second-order valence-electron chi connectivity index (χ2n) is 5.50. The number of hydrogen-bond acceptors (Lipinski definition) is 4. The van der Waals surface area contributed by atoms with Crippen LogP contribution >= 0.6 is 0 Å². The molecule has 1 N–H and O–H groups in total. The fourth-order valence-electron chi connectivity index (χ4n) is 2.49. The molecule has 22 heavy (non-hydrogen) atoms. The van der Waals surface area contributed by atoms with Crippen molar-refractivity contribution >= 4 is 25.7 Å². The number of halogens is 1. The van der Waals surface area contributed by atoms with Gasteiger partial charge in [-0.3, -0.25) is 4.72 Å². The van der Waals surface area contributed by atoms with Crippen LogP contribution in [0.15, 0.2) is 24.3 Å². The van der Waals surface area contributed by atoms with Crippen molar-refractivity contribution in [2.45, 2.75) is 12.8 Å². The Morgan fingerprint density at radius 3 is 2.41 bits per heavy atom. The Labute approximate surface area is 130 Å². The molecule has 1 aliphatic rings. The van der Waals surface area contributed by atoms with Crippen LogP contribution in [0, 0.1) is 11.7 Å². The SMILES string of the molecule is CS(=O)(=O)N1CCC(CS(=O)(=O)Nc2cccc(F)c2)CC1. The number of benzene rings is 1. The zero-order valence-electron chi connectivity index (χ0n) is 12.2. The van der Waals surface area contributed by atoms with E-state index < -0.39 is 25.9 Å². The lowest BCUT2D eigenvalue weighted by molar-refractivity contribution is 0.290. The van der Waals surface area contributed by atoms with E-state index >= 15 is 0 Å². The molecule has 1 saturated heterocycles. The molecule has 0 aliphatic carbocycles. The van der Waals surface area contributed by atoms with Crippen molar-refractivity contribution in [2.75, 3.05) is 29.8 Å². The Morgan fingerprint density at radius 2 is 1.86 bits per heavy atom. The first-order valence-electron chi connectivity index (χ1n) is 6.87. The summed E-state index contributed by atoms with van der Waals surface area (Å²) in [7, 11) is -6.81.